The molecule has 7 nitrogen and oxygen atoms in total. The second kappa shape index (κ2) is 11.2. The molecule has 0 spiro atoms. The maximum absolute atomic E-state index is 15.4. The minimum Gasteiger partial charge on any atom is -0.487 e. The highest BCUT2D eigenvalue weighted by Gasteiger charge is 2.46. The first kappa shape index (κ1) is 25.6. The zero-order valence-electron chi connectivity index (χ0n) is 23.2. The van der Waals surface area contributed by atoms with E-state index in [-0.39, 0.29) is 54.7 Å². The van der Waals surface area contributed by atoms with Gasteiger partial charge in [-0.3, -0.25) is 19.3 Å². The van der Waals surface area contributed by atoms with E-state index in [1.807, 2.05) is 12.1 Å². The van der Waals surface area contributed by atoms with Crippen LogP contribution in [0.2, 0.25) is 0 Å². The summed E-state index contributed by atoms with van der Waals surface area (Å²) in [6.45, 7) is 2.97. The number of halogens is 2. The first-order chi connectivity index (χ1) is 19.9. The van der Waals surface area contributed by atoms with E-state index in [0.717, 1.165) is 36.6 Å². The smallest absolute Gasteiger partial charge is 0.278 e. The number of carbonyl (C=O) groups is 1. The number of thioether (sulfide) groups is 1. The number of amides is 1. The molecule has 0 unspecified atom stereocenters. The molecule has 10 heteroatoms. The lowest BCUT2D eigenvalue weighted by atomic mass is 9.93. The van der Waals surface area contributed by atoms with Crippen molar-refractivity contribution >= 4 is 17.7 Å². The van der Waals surface area contributed by atoms with Gasteiger partial charge in [0.1, 0.15) is 6.17 Å². The van der Waals surface area contributed by atoms with Gasteiger partial charge in [0, 0.05) is 35.0 Å². The third-order valence-corrected chi connectivity index (χ3v) is 8.65. The van der Waals surface area contributed by atoms with Crippen LogP contribution >= 0.6 is 11.8 Å². The molecule has 2 atom stereocenters. The fourth-order valence-electron chi connectivity index (χ4n) is 5.58. The van der Waals surface area contributed by atoms with E-state index in [1.165, 1.54) is 34.8 Å². The van der Waals surface area contributed by atoms with Gasteiger partial charge in [-0.2, -0.15) is 0 Å². The summed E-state index contributed by atoms with van der Waals surface area (Å²) in [5.41, 5.74) is 0.450. The number of hydrogen-bond donors (Lipinski definition) is 0. The number of aromatic nitrogens is 1. The van der Waals surface area contributed by atoms with Crippen molar-refractivity contribution in [2.75, 3.05) is 31.4 Å². The fraction of sp³-hybridized carbons (Fsp3) is 0.400. The molecule has 4 heterocycles. The summed E-state index contributed by atoms with van der Waals surface area (Å²) in [5, 5.41) is 1.65. The van der Waals surface area contributed by atoms with Crippen molar-refractivity contribution in [2.24, 2.45) is 0 Å². The highest BCUT2D eigenvalue weighted by Crippen LogP contribution is 2.45. The number of nitrogens with zero attached hydrogens (tertiary/aromatic N) is 3. The monoisotopic (exact) mass is 568 g/mol. The van der Waals surface area contributed by atoms with Gasteiger partial charge in [0.05, 0.1) is 27.2 Å². The van der Waals surface area contributed by atoms with Gasteiger partial charge < -0.3 is 14.4 Å². The lowest BCUT2D eigenvalue weighted by molar-refractivity contribution is -0.0198. The summed E-state index contributed by atoms with van der Waals surface area (Å²) in [4.78, 5) is 29.4. The van der Waals surface area contributed by atoms with E-state index in [9.17, 15) is 15.4 Å². The molecule has 3 aromatic rings. The lowest BCUT2D eigenvalue weighted by Gasteiger charge is -2.51. The van der Waals surface area contributed by atoms with Gasteiger partial charge in [-0.25, -0.2) is 8.78 Å². The molecule has 0 bridgehead atoms. The largest absolute Gasteiger partial charge is 0.487 e. The van der Waals surface area contributed by atoms with Crippen LogP contribution in [0.15, 0.2) is 58.4 Å². The SMILES string of the molecule is [2H][C@]1(N2[C@@H]3COCCN3C(=O)c3c(OCCCCCC)c(=O)ccn32)c2ccccc2SCc2c1ccc(F)c2F. The van der Waals surface area contributed by atoms with Crippen molar-refractivity contribution in [3.63, 3.8) is 0 Å². The number of hydrogen-bond acceptors (Lipinski definition) is 6. The van der Waals surface area contributed by atoms with Crippen molar-refractivity contribution in [1.29, 1.82) is 0 Å². The molecule has 0 N–H and O–H groups in total. The third-order valence-electron chi connectivity index (χ3n) is 7.55. The van der Waals surface area contributed by atoms with Gasteiger partial charge in [0.2, 0.25) is 5.43 Å². The maximum Gasteiger partial charge on any atom is 0.278 e. The quantitative estimate of drug-likeness (QED) is 0.364. The summed E-state index contributed by atoms with van der Waals surface area (Å²) in [7, 11) is 0. The zero-order valence-corrected chi connectivity index (χ0v) is 23.0. The van der Waals surface area contributed by atoms with Crippen molar-refractivity contribution in [3.8, 4) is 5.75 Å². The molecule has 0 radical (unpaired) electrons. The van der Waals surface area contributed by atoms with Crippen LogP contribution in [0.4, 0.5) is 8.78 Å². The molecule has 3 aliphatic heterocycles. The Hall–Kier alpha value is -3.37. The first-order valence-electron chi connectivity index (χ1n) is 14.1. The Morgan fingerprint density at radius 1 is 1.10 bits per heavy atom. The molecule has 0 aliphatic carbocycles. The Morgan fingerprint density at radius 2 is 1.95 bits per heavy atom. The third kappa shape index (κ3) is 4.56. The number of unbranched alkanes of at least 4 members (excludes halogenated alkanes) is 3. The average molecular weight is 569 g/mol. The van der Waals surface area contributed by atoms with E-state index in [0.29, 0.717) is 5.56 Å². The Balaban J connectivity index is 1.59. The van der Waals surface area contributed by atoms with Crippen LogP contribution in [-0.2, 0) is 10.5 Å². The molecule has 1 aromatic heterocycles. The summed E-state index contributed by atoms with van der Waals surface area (Å²) in [6.07, 6.45) is 4.44. The number of benzene rings is 2. The second-order valence-corrected chi connectivity index (χ2v) is 11.0. The molecule has 40 heavy (non-hydrogen) atoms. The molecule has 3 aliphatic rings. The molecular weight excluding hydrogens is 536 g/mol. The Morgan fingerprint density at radius 3 is 2.80 bits per heavy atom. The van der Waals surface area contributed by atoms with Gasteiger partial charge in [0.15, 0.2) is 23.1 Å². The zero-order chi connectivity index (χ0) is 28.7. The molecule has 2 aromatic carbocycles. The first-order valence-corrected chi connectivity index (χ1v) is 14.6. The number of carbonyl (C=O) groups excluding carboxylic acids is 1. The molecule has 0 saturated carbocycles. The normalized spacial score (nSPS) is 22.0. The molecule has 1 amide bonds. The Kier molecular flexibility index (Phi) is 7.20. The average Bonchev–Trinajstić information content (AvgIpc) is 3.11. The minimum atomic E-state index is -1.84. The van der Waals surface area contributed by atoms with Crippen molar-refractivity contribution < 1.29 is 24.4 Å². The van der Waals surface area contributed by atoms with E-state index in [1.54, 1.807) is 22.0 Å². The van der Waals surface area contributed by atoms with Crippen LogP contribution in [-0.4, -0.2) is 48.0 Å². The fourth-order valence-corrected chi connectivity index (χ4v) is 6.66. The van der Waals surface area contributed by atoms with Gasteiger partial charge in [-0.1, -0.05) is 50.5 Å². The molecule has 210 valence electrons. The van der Waals surface area contributed by atoms with Crippen LogP contribution in [0.1, 0.15) is 67.2 Å². The number of morpholine rings is 1. The van der Waals surface area contributed by atoms with Crippen LogP contribution in [0.3, 0.4) is 0 Å². The highest BCUT2D eigenvalue weighted by atomic mass is 32.2. The predicted molar refractivity (Wildman–Crippen MR) is 148 cm³/mol. The molecule has 6 rings (SSSR count). The lowest BCUT2D eigenvalue weighted by Crippen LogP contribution is -2.66. The standard InChI is InChI=1S/C30H31F2N3O4S/c1-2-3-4-7-15-39-29-23(36)12-13-34-28(29)30(37)33-14-16-38-17-25(33)35(34)27-19-10-11-22(31)26(32)21(19)18-40-24-9-6-5-8-20(24)27/h5-6,8-13,25,27H,2-4,7,14-18H2,1H3/t25-,27-/m1/s1/i27D. The van der Waals surface area contributed by atoms with E-state index in [4.69, 9.17) is 9.47 Å². The molecular formula is C30H31F2N3O4S. The predicted octanol–water partition coefficient (Wildman–Crippen LogP) is 5.23. The van der Waals surface area contributed by atoms with Gasteiger partial charge >= 0.3 is 0 Å². The highest BCUT2D eigenvalue weighted by molar-refractivity contribution is 7.98. The van der Waals surface area contributed by atoms with Crippen molar-refractivity contribution in [2.45, 2.75) is 55.4 Å². The van der Waals surface area contributed by atoms with Crippen LogP contribution < -0.4 is 15.2 Å². The van der Waals surface area contributed by atoms with Crippen LogP contribution in [0, 0.1) is 11.6 Å². The Bertz CT molecular complexity index is 1550. The van der Waals surface area contributed by atoms with Crippen LogP contribution in [0.25, 0.3) is 0 Å². The van der Waals surface area contributed by atoms with E-state index in [2.05, 4.69) is 6.92 Å². The summed E-state index contributed by atoms with van der Waals surface area (Å²) in [6, 6.07) is 9.25. The summed E-state index contributed by atoms with van der Waals surface area (Å²) >= 11 is 1.33. The van der Waals surface area contributed by atoms with Crippen molar-refractivity contribution in [3.05, 3.63) is 92.9 Å². The molecule has 1 fully saturated rings. The number of ether oxygens (including phenoxy) is 2. The van der Waals surface area contributed by atoms with Crippen LogP contribution in [0.5, 0.6) is 5.75 Å². The Labute approximate surface area is 237 Å². The topological polar surface area (TPSA) is 64.0 Å². The molecule has 1 saturated heterocycles. The minimum absolute atomic E-state index is 0.0104. The van der Waals surface area contributed by atoms with E-state index >= 15 is 4.39 Å². The van der Waals surface area contributed by atoms with Gasteiger partial charge in [-0.15, -0.1) is 11.8 Å². The van der Waals surface area contributed by atoms with Gasteiger partial charge in [0.25, 0.3) is 5.91 Å². The van der Waals surface area contributed by atoms with E-state index < -0.39 is 35.2 Å². The summed E-state index contributed by atoms with van der Waals surface area (Å²) < 4.78 is 53.4. The maximum atomic E-state index is 15.4. The summed E-state index contributed by atoms with van der Waals surface area (Å²) in [5.74, 6) is -2.34. The second-order valence-electron chi connectivity index (χ2n) is 10.0. The number of rotatable bonds is 7. The van der Waals surface area contributed by atoms with Crippen molar-refractivity contribution in [1.82, 2.24) is 9.58 Å². The number of pyridine rings is 1. The van der Waals surface area contributed by atoms with Gasteiger partial charge in [-0.05, 0) is 29.7 Å². The number of fused-ring (bicyclic) bond motifs is 4.